The van der Waals surface area contributed by atoms with Crippen LogP contribution >= 0.6 is 0 Å². The summed E-state index contributed by atoms with van der Waals surface area (Å²) in [6.45, 7) is 0.930. The molecule has 0 saturated carbocycles. The standard InChI is InChI=1S/C13H16N4O5/c1-13(21)9(20)7(4-19)22-12(13)17-2-6(3-18)8-10(14)15-5-16-11(8)17/h2-3,5,7,9,12,19-21H,4H2,1H3,(H2,14,15,16)/t7-,9-,12-,13?/m1/s1. The second-order valence-corrected chi connectivity index (χ2v) is 5.45. The number of ether oxygens (including phenoxy) is 1. The van der Waals surface area contributed by atoms with Crippen LogP contribution < -0.4 is 5.73 Å². The number of aliphatic hydroxyl groups is 3. The number of anilines is 1. The van der Waals surface area contributed by atoms with E-state index in [0.717, 1.165) is 0 Å². The number of hydrogen-bond donors (Lipinski definition) is 4. The van der Waals surface area contributed by atoms with E-state index in [2.05, 4.69) is 9.97 Å². The van der Waals surface area contributed by atoms with Crippen LogP contribution in [0.1, 0.15) is 23.5 Å². The molecule has 3 rings (SSSR count). The van der Waals surface area contributed by atoms with Crippen LogP contribution in [-0.4, -0.2) is 60.6 Å². The molecule has 9 heteroatoms. The molecule has 1 aliphatic heterocycles. The van der Waals surface area contributed by atoms with Gasteiger partial charge >= 0.3 is 0 Å². The maximum Gasteiger partial charge on any atom is 0.167 e. The Morgan fingerprint density at radius 1 is 1.55 bits per heavy atom. The van der Waals surface area contributed by atoms with E-state index >= 15 is 0 Å². The molecule has 9 nitrogen and oxygen atoms in total. The van der Waals surface area contributed by atoms with E-state index in [1.807, 2.05) is 0 Å². The summed E-state index contributed by atoms with van der Waals surface area (Å²) >= 11 is 0. The molecule has 118 valence electrons. The second kappa shape index (κ2) is 4.99. The fourth-order valence-corrected chi connectivity index (χ4v) is 2.80. The number of nitrogen functional groups attached to an aromatic ring is 1. The van der Waals surface area contributed by atoms with Crippen molar-refractivity contribution in [3.63, 3.8) is 0 Å². The third kappa shape index (κ3) is 1.91. The van der Waals surface area contributed by atoms with Gasteiger partial charge in [0.05, 0.1) is 12.0 Å². The zero-order valence-electron chi connectivity index (χ0n) is 11.7. The number of hydrogen-bond acceptors (Lipinski definition) is 8. The summed E-state index contributed by atoms with van der Waals surface area (Å²) in [5.41, 5.74) is 4.64. The Bertz CT molecular complexity index is 729. The summed E-state index contributed by atoms with van der Waals surface area (Å²) in [6.07, 6.45) is -0.0247. The lowest BCUT2D eigenvalue weighted by molar-refractivity contribution is -0.0948. The molecule has 2 aromatic heterocycles. The molecule has 0 radical (unpaired) electrons. The Labute approximate surface area is 125 Å². The van der Waals surface area contributed by atoms with Gasteiger partial charge in [0.15, 0.2) is 12.5 Å². The summed E-state index contributed by atoms with van der Waals surface area (Å²) in [5, 5.41) is 30.2. The van der Waals surface area contributed by atoms with Crippen molar-refractivity contribution in [3.05, 3.63) is 18.1 Å². The van der Waals surface area contributed by atoms with Gasteiger partial charge in [0.2, 0.25) is 0 Å². The highest BCUT2D eigenvalue weighted by Gasteiger charge is 2.53. The number of aliphatic hydroxyl groups excluding tert-OH is 2. The minimum atomic E-state index is -1.68. The Morgan fingerprint density at radius 3 is 2.86 bits per heavy atom. The maximum absolute atomic E-state index is 11.2. The molecule has 0 spiro atoms. The number of aromatic nitrogens is 3. The molecule has 2 aromatic rings. The molecule has 22 heavy (non-hydrogen) atoms. The molecular formula is C13H16N4O5. The van der Waals surface area contributed by atoms with Crippen molar-refractivity contribution in [2.75, 3.05) is 12.3 Å². The van der Waals surface area contributed by atoms with Crippen molar-refractivity contribution in [1.29, 1.82) is 0 Å². The zero-order valence-corrected chi connectivity index (χ0v) is 11.7. The van der Waals surface area contributed by atoms with E-state index in [0.29, 0.717) is 17.3 Å². The smallest absolute Gasteiger partial charge is 0.167 e. The van der Waals surface area contributed by atoms with Gasteiger partial charge in [0.1, 0.15) is 35.6 Å². The predicted octanol–water partition coefficient (Wildman–Crippen LogP) is -1.17. The van der Waals surface area contributed by atoms with E-state index in [1.165, 1.54) is 24.0 Å². The fraction of sp³-hybridized carbons (Fsp3) is 0.462. The van der Waals surface area contributed by atoms with Gasteiger partial charge in [-0.1, -0.05) is 0 Å². The molecule has 0 bridgehead atoms. The third-order valence-corrected chi connectivity index (χ3v) is 3.98. The molecular weight excluding hydrogens is 292 g/mol. The molecule has 5 N–H and O–H groups in total. The number of carbonyl (C=O) groups is 1. The SMILES string of the molecule is CC1(O)[C@H](O)[C@@H](CO)O[C@H]1n1cc(C=O)c2c(N)ncnc21. The Kier molecular flexibility index (Phi) is 3.37. The topological polar surface area (TPSA) is 144 Å². The van der Waals surface area contributed by atoms with Crippen LogP contribution in [0.5, 0.6) is 0 Å². The molecule has 0 aliphatic carbocycles. The van der Waals surface area contributed by atoms with Gasteiger partial charge in [0.25, 0.3) is 0 Å². The average molecular weight is 308 g/mol. The van der Waals surface area contributed by atoms with E-state index in [9.17, 15) is 20.1 Å². The van der Waals surface area contributed by atoms with Crippen molar-refractivity contribution in [2.24, 2.45) is 0 Å². The van der Waals surface area contributed by atoms with Gasteiger partial charge < -0.3 is 30.4 Å². The summed E-state index contributed by atoms with van der Waals surface area (Å²) in [7, 11) is 0. The van der Waals surface area contributed by atoms with E-state index < -0.39 is 30.6 Å². The first-order chi connectivity index (χ1) is 10.4. The van der Waals surface area contributed by atoms with Crippen LogP contribution in [-0.2, 0) is 4.74 Å². The Hall–Kier alpha value is -2.07. The van der Waals surface area contributed by atoms with Crippen molar-refractivity contribution < 1.29 is 24.9 Å². The minimum Gasteiger partial charge on any atom is -0.394 e. The molecule has 1 unspecified atom stereocenters. The van der Waals surface area contributed by atoms with Crippen LogP contribution in [0.3, 0.4) is 0 Å². The number of aldehydes is 1. The number of carbonyl (C=O) groups excluding carboxylic acids is 1. The highest BCUT2D eigenvalue weighted by atomic mass is 16.6. The molecule has 1 fully saturated rings. The monoisotopic (exact) mass is 308 g/mol. The highest BCUT2D eigenvalue weighted by Crippen LogP contribution is 2.40. The third-order valence-electron chi connectivity index (χ3n) is 3.98. The summed E-state index contributed by atoms with van der Waals surface area (Å²) in [4.78, 5) is 19.1. The van der Waals surface area contributed by atoms with E-state index in [1.54, 1.807) is 0 Å². The predicted molar refractivity (Wildman–Crippen MR) is 75.0 cm³/mol. The lowest BCUT2D eigenvalue weighted by Crippen LogP contribution is -2.44. The van der Waals surface area contributed by atoms with Crippen LogP contribution in [0.15, 0.2) is 12.5 Å². The quantitative estimate of drug-likeness (QED) is 0.519. The molecule has 0 aromatic carbocycles. The second-order valence-electron chi connectivity index (χ2n) is 5.45. The van der Waals surface area contributed by atoms with Gasteiger partial charge in [0, 0.05) is 11.8 Å². The minimum absolute atomic E-state index is 0.128. The summed E-state index contributed by atoms with van der Waals surface area (Å²) < 4.78 is 6.94. The Balaban J connectivity index is 2.19. The zero-order chi connectivity index (χ0) is 16.1. The first-order valence-corrected chi connectivity index (χ1v) is 6.64. The number of nitrogens with zero attached hydrogens (tertiary/aromatic N) is 3. The molecule has 0 amide bonds. The van der Waals surface area contributed by atoms with Gasteiger partial charge in [-0.2, -0.15) is 0 Å². The highest BCUT2D eigenvalue weighted by molar-refractivity contribution is 6.01. The van der Waals surface area contributed by atoms with Crippen LogP contribution in [0.2, 0.25) is 0 Å². The van der Waals surface area contributed by atoms with Crippen molar-refractivity contribution in [3.8, 4) is 0 Å². The summed E-state index contributed by atoms with van der Waals surface area (Å²) in [6, 6.07) is 0. The van der Waals surface area contributed by atoms with Crippen LogP contribution in [0.25, 0.3) is 11.0 Å². The molecule has 4 atom stereocenters. The van der Waals surface area contributed by atoms with Gasteiger partial charge in [-0.3, -0.25) is 4.79 Å². The number of rotatable bonds is 3. The van der Waals surface area contributed by atoms with Crippen molar-refractivity contribution >= 4 is 23.1 Å². The fourth-order valence-electron chi connectivity index (χ4n) is 2.80. The number of fused-ring (bicyclic) bond motifs is 1. The van der Waals surface area contributed by atoms with Gasteiger partial charge in [-0.15, -0.1) is 0 Å². The lowest BCUT2D eigenvalue weighted by atomic mass is 9.96. The summed E-state index contributed by atoms with van der Waals surface area (Å²) in [5.74, 6) is 0.128. The van der Waals surface area contributed by atoms with E-state index in [4.69, 9.17) is 10.5 Å². The van der Waals surface area contributed by atoms with Crippen molar-refractivity contribution in [2.45, 2.75) is 31.0 Å². The van der Waals surface area contributed by atoms with Crippen molar-refractivity contribution in [1.82, 2.24) is 14.5 Å². The largest absolute Gasteiger partial charge is 0.394 e. The maximum atomic E-state index is 11.2. The van der Waals surface area contributed by atoms with Crippen LogP contribution in [0, 0.1) is 0 Å². The molecule has 3 heterocycles. The Morgan fingerprint density at radius 2 is 2.27 bits per heavy atom. The van der Waals surface area contributed by atoms with E-state index in [-0.39, 0.29) is 11.4 Å². The number of nitrogens with two attached hydrogens (primary N) is 1. The average Bonchev–Trinajstić information content (AvgIpc) is 2.97. The van der Waals surface area contributed by atoms with Gasteiger partial charge in [-0.25, -0.2) is 9.97 Å². The van der Waals surface area contributed by atoms with Crippen LogP contribution in [0.4, 0.5) is 5.82 Å². The first kappa shape index (κ1) is 14.9. The molecule has 1 aliphatic rings. The molecule has 1 saturated heterocycles. The lowest BCUT2D eigenvalue weighted by Gasteiger charge is -2.27. The first-order valence-electron chi connectivity index (χ1n) is 6.64. The normalized spacial score (nSPS) is 31.7. The van der Waals surface area contributed by atoms with Gasteiger partial charge in [-0.05, 0) is 6.92 Å².